The third-order valence-corrected chi connectivity index (χ3v) is 1.76. The SMILES string of the molecule is COc1ccc(CC(=O)C=O)c(F)c1. The largest absolute Gasteiger partial charge is 0.497 e. The minimum Gasteiger partial charge on any atom is -0.497 e. The fourth-order valence-corrected chi connectivity index (χ4v) is 1.03. The Morgan fingerprint density at radius 1 is 1.57 bits per heavy atom. The first-order valence-electron chi connectivity index (χ1n) is 3.97. The lowest BCUT2D eigenvalue weighted by molar-refractivity contribution is -0.129. The smallest absolute Gasteiger partial charge is 0.199 e. The summed E-state index contributed by atoms with van der Waals surface area (Å²) in [6.45, 7) is 0. The Kier molecular flexibility index (Phi) is 3.34. The van der Waals surface area contributed by atoms with Crippen LogP contribution in [0.4, 0.5) is 4.39 Å². The zero-order chi connectivity index (χ0) is 10.6. The van der Waals surface area contributed by atoms with Gasteiger partial charge in [-0.05, 0) is 11.6 Å². The van der Waals surface area contributed by atoms with Crippen molar-refractivity contribution in [1.29, 1.82) is 0 Å². The highest BCUT2D eigenvalue weighted by Gasteiger charge is 2.08. The highest BCUT2D eigenvalue weighted by Crippen LogP contribution is 2.16. The maximum Gasteiger partial charge on any atom is 0.199 e. The molecule has 1 rings (SSSR count). The van der Waals surface area contributed by atoms with E-state index < -0.39 is 11.6 Å². The van der Waals surface area contributed by atoms with Crippen molar-refractivity contribution in [2.75, 3.05) is 7.11 Å². The maximum atomic E-state index is 13.2. The summed E-state index contributed by atoms with van der Waals surface area (Å²) in [7, 11) is 1.42. The van der Waals surface area contributed by atoms with Crippen LogP contribution >= 0.6 is 0 Å². The van der Waals surface area contributed by atoms with E-state index in [9.17, 15) is 14.0 Å². The summed E-state index contributed by atoms with van der Waals surface area (Å²) in [4.78, 5) is 20.8. The number of benzene rings is 1. The van der Waals surface area contributed by atoms with E-state index in [4.69, 9.17) is 4.74 Å². The number of hydrogen-bond donors (Lipinski definition) is 0. The summed E-state index contributed by atoms with van der Waals surface area (Å²) in [5.41, 5.74) is 0.197. The normalized spacial score (nSPS) is 9.57. The van der Waals surface area contributed by atoms with Crippen molar-refractivity contribution in [3.8, 4) is 5.75 Å². The molecular formula is C10H9FO3. The lowest BCUT2D eigenvalue weighted by Gasteiger charge is -2.02. The Bertz CT molecular complexity index is 360. The molecule has 3 nitrogen and oxygen atoms in total. The molecule has 0 aliphatic carbocycles. The van der Waals surface area contributed by atoms with Crippen molar-refractivity contribution in [2.24, 2.45) is 0 Å². The van der Waals surface area contributed by atoms with E-state index >= 15 is 0 Å². The molecule has 0 saturated heterocycles. The van der Waals surface area contributed by atoms with Crippen LogP contribution in [0.15, 0.2) is 18.2 Å². The highest BCUT2D eigenvalue weighted by atomic mass is 19.1. The van der Waals surface area contributed by atoms with Crippen LogP contribution in [0, 0.1) is 5.82 Å². The zero-order valence-electron chi connectivity index (χ0n) is 7.62. The van der Waals surface area contributed by atoms with E-state index in [1.165, 1.54) is 25.3 Å². The predicted octanol–water partition coefficient (Wildman–Crippen LogP) is 1.14. The number of ketones is 1. The van der Waals surface area contributed by atoms with Crippen LogP contribution in [0.25, 0.3) is 0 Å². The lowest BCUT2D eigenvalue weighted by atomic mass is 10.1. The van der Waals surface area contributed by atoms with Crippen LogP contribution in [0.5, 0.6) is 5.75 Å². The minimum absolute atomic E-state index is 0.184. The average Bonchev–Trinajstić information content (AvgIpc) is 2.20. The molecule has 0 bridgehead atoms. The van der Waals surface area contributed by atoms with Crippen molar-refractivity contribution in [3.05, 3.63) is 29.6 Å². The summed E-state index contributed by atoms with van der Waals surface area (Å²) in [6, 6.07) is 4.14. The molecule has 0 amide bonds. The molecule has 1 aromatic carbocycles. The van der Waals surface area contributed by atoms with E-state index in [0.29, 0.717) is 5.75 Å². The molecule has 0 aromatic heterocycles. The van der Waals surface area contributed by atoms with Gasteiger partial charge < -0.3 is 4.74 Å². The van der Waals surface area contributed by atoms with Gasteiger partial charge in [-0.2, -0.15) is 0 Å². The van der Waals surface area contributed by atoms with Gasteiger partial charge in [0.2, 0.25) is 0 Å². The maximum absolute atomic E-state index is 13.2. The average molecular weight is 196 g/mol. The highest BCUT2D eigenvalue weighted by molar-refractivity contribution is 6.25. The van der Waals surface area contributed by atoms with Gasteiger partial charge >= 0.3 is 0 Å². The van der Waals surface area contributed by atoms with E-state index in [1.54, 1.807) is 0 Å². The molecule has 74 valence electrons. The Morgan fingerprint density at radius 3 is 2.79 bits per heavy atom. The molecule has 4 heteroatoms. The molecule has 0 atom stereocenters. The van der Waals surface area contributed by atoms with Crippen LogP contribution in [0.2, 0.25) is 0 Å². The van der Waals surface area contributed by atoms with Crippen LogP contribution in [-0.4, -0.2) is 19.2 Å². The second kappa shape index (κ2) is 4.50. The number of ether oxygens (including phenoxy) is 1. The van der Waals surface area contributed by atoms with Gasteiger partial charge in [-0.25, -0.2) is 4.39 Å². The van der Waals surface area contributed by atoms with Crippen molar-refractivity contribution in [3.63, 3.8) is 0 Å². The number of carbonyl (C=O) groups excluding carboxylic acids is 2. The van der Waals surface area contributed by atoms with E-state index in [0.717, 1.165) is 0 Å². The number of rotatable bonds is 4. The summed E-state index contributed by atoms with van der Waals surface area (Å²) < 4.78 is 18.0. The fraction of sp³-hybridized carbons (Fsp3) is 0.200. The minimum atomic E-state index is -0.644. The molecule has 0 radical (unpaired) electrons. The van der Waals surface area contributed by atoms with Gasteiger partial charge in [-0.15, -0.1) is 0 Å². The van der Waals surface area contributed by atoms with Gasteiger partial charge in [0.15, 0.2) is 12.1 Å². The van der Waals surface area contributed by atoms with Crippen LogP contribution in [-0.2, 0) is 16.0 Å². The molecule has 0 N–H and O–H groups in total. The van der Waals surface area contributed by atoms with Crippen molar-refractivity contribution in [1.82, 2.24) is 0 Å². The predicted molar refractivity (Wildman–Crippen MR) is 47.7 cm³/mol. The van der Waals surface area contributed by atoms with Gasteiger partial charge in [-0.3, -0.25) is 9.59 Å². The van der Waals surface area contributed by atoms with E-state index in [2.05, 4.69) is 0 Å². The number of aldehydes is 1. The molecule has 0 aliphatic rings. The molecule has 0 fully saturated rings. The summed E-state index contributed by atoms with van der Waals surface area (Å²) in [5, 5.41) is 0. The second-order valence-electron chi connectivity index (χ2n) is 2.72. The second-order valence-corrected chi connectivity index (χ2v) is 2.72. The van der Waals surface area contributed by atoms with Crippen molar-refractivity contribution in [2.45, 2.75) is 6.42 Å². The summed E-state index contributed by atoms with van der Waals surface area (Å²) >= 11 is 0. The van der Waals surface area contributed by atoms with Gasteiger partial charge in [0.1, 0.15) is 11.6 Å². The molecular weight excluding hydrogens is 187 g/mol. The van der Waals surface area contributed by atoms with E-state index in [-0.39, 0.29) is 18.3 Å². The van der Waals surface area contributed by atoms with Crippen LogP contribution < -0.4 is 4.74 Å². The van der Waals surface area contributed by atoms with E-state index in [1.807, 2.05) is 0 Å². The zero-order valence-corrected chi connectivity index (χ0v) is 7.62. The first-order chi connectivity index (χ1) is 6.67. The Labute approximate surface area is 80.5 Å². The first-order valence-corrected chi connectivity index (χ1v) is 3.97. The molecule has 0 unspecified atom stereocenters. The first kappa shape index (κ1) is 10.4. The van der Waals surface area contributed by atoms with Gasteiger partial charge in [-0.1, -0.05) is 6.07 Å². The fourth-order valence-electron chi connectivity index (χ4n) is 1.03. The van der Waals surface area contributed by atoms with Gasteiger partial charge in [0, 0.05) is 12.5 Å². The summed E-state index contributed by atoms with van der Waals surface area (Å²) in [5.74, 6) is -0.807. The van der Waals surface area contributed by atoms with Gasteiger partial charge in [0.25, 0.3) is 0 Å². The molecule has 0 saturated carbocycles. The van der Waals surface area contributed by atoms with Crippen molar-refractivity contribution < 1.29 is 18.7 Å². The summed E-state index contributed by atoms with van der Waals surface area (Å²) in [6.07, 6.45) is -0.0248. The number of halogens is 1. The quantitative estimate of drug-likeness (QED) is 0.535. The Morgan fingerprint density at radius 2 is 2.29 bits per heavy atom. The number of methoxy groups -OCH3 is 1. The third kappa shape index (κ3) is 2.39. The number of hydrogen-bond acceptors (Lipinski definition) is 3. The molecule has 0 spiro atoms. The number of carbonyl (C=O) groups is 2. The molecule has 14 heavy (non-hydrogen) atoms. The standard InChI is InChI=1S/C10H9FO3/c1-14-9-3-2-7(10(11)5-9)4-8(13)6-12/h2-3,5-6H,4H2,1H3. The topological polar surface area (TPSA) is 43.4 Å². The lowest BCUT2D eigenvalue weighted by Crippen LogP contribution is -2.05. The monoisotopic (exact) mass is 196 g/mol. The van der Waals surface area contributed by atoms with Crippen molar-refractivity contribution >= 4 is 12.1 Å². The Hall–Kier alpha value is -1.71. The van der Waals surface area contributed by atoms with Gasteiger partial charge in [0.05, 0.1) is 7.11 Å². The Balaban J connectivity index is 2.88. The number of Topliss-reactive ketones (excluding diaryl/α,β-unsaturated/α-hetero) is 1. The van der Waals surface area contributed by atoms with Crippen LogP contribution in [0.3, 0.4) is 0 Å². The molecule has 1 aromatic rings. The third-order valence-electron chi connectivity index (χ3n) is 1.76. The molecule has 0 aliphatic heterocycles. The van der Waals surface area contributed by atoms with Crippen LogP contribution in [0.1, 0.15) is 5.56 Å². The molecule has 0 heterocycles.